The van der Waals surface area contributed by atoms with Gasteiger partial charge in [0.1, 0.15) is 23.0 Å². The van der Waals surface area contributed by atoms with E-state index >= 15 is 0 Å². The van der Waals surface area contributed by atoms with Crippen LogP contribution in [0.3, 0.4) is 0 Å². The molecule has 0 bridgehead atoms. The normalized spacial score (nSPS) is 10.4. The van der Waals surface area contributed by atoms with Crippen molar-refractivity contribution < 1.29 is 38.5 Å². The molecule has 0 aliphatic rings. The molecular formula is C21H18O8. The minimum Gasteiger partial charge on any atom is -0.508 e. The molecule has 2 aromatic rings. The van der Waals surface area contributed by atoms with E-state index in [4.69, 9.17) is 14.2 Å². The molecular weight excluding hydrogens is 380 g/mol. The smallest absolute Gasteiger partial charge is 0.308 e. The van der Waals surface area contributed by atoms with Crippen LogP contribution in [0.1, 0.15) is 36.7 Å². The predicted molar refractivity (Wildman–Crippen MR) is 102 cm³/mol. The van der Waals surface area contributed by atoms with Gasteiger partial charge in [0.25, 0.3) is 0 Å². The number of carbonyl (C=O) groups is 4. The first-order valence-electron chi connectivity index (χ1n) is 8.40. The molecule has 0 heterocycles. The van der Waals surface area contributed by atoms with E-state index in [1.54, 1.807) is 0 Å². The number of rotatable bonds is 6. The van der Waals surface area contributed by atoms with Gasteiger partial charge in [0, 0.05) is 38.5 Å². The van der Waals surface area contributed by atoms with E-state index < -0.39 is 23.7 Å². The maximum atomic E-state index is 12.6. The van der Waals surface area contributed by atoms with Crippen LogP contribution in [0.25, 0.3) is 6.08 Å². The first-order valence-corrected chi connectivity index (χ1v) is 8.40. The van der Waals surface area contributed by atoms with Crippen molar-refractivity contribution in [2.75, 3.05) is 0 Å². The summed E-state index contributed by atoms with van der Waals surface area (Å²) in [6.45, 7) is 3.59. The molecule has 0 fully saturated rings. The van der Waals surface area contributed by atoms with Gasteiger partial charge in [-0.25, -0.2) is 0 Å². The summed E-state index contributed by atoms with van der Waals surface area (Å²) in [6.07, 6.45) is 2.57. The first kappa shape index (κ1) is 21.4. The zero-order valence-corrected chi connectivity index (χ0v) is 15.9. The fourth-order valence-corrected chi connectivity index (χ4v) is 2.33. The third-order valence-electron chi connectivity index (χ3n) is 3.40. The lowest BCUT2D eigenvalue weighted by Gasteiger charge is -2.09. The SMILES string of the molecule is CC(=O)Oc1ccc(C(=O)C=Cc2ccc(O)cc2OC(C)=O)c(OC(C)=O)c1. The van der Waals surface area contributed by atoms with E-state index in [0.29, 0.717) is 5.56 Å². The molecule has 0 aliphatic carbocycles. The van der Waals surface area contributed by atoms with Crippen LogP contribution in [-0.2, 0) is 14.4 Å². The summed E-state index contributed by atoms with van der Waals surface area (Å²) in [5.41, 5.74) is 0.428. The number of hydrogen-bond acceptors (Lipinski definition) is 8. The van der Waals surface area contributed by atoms with Crippen LogP contribution in [0.15, 0.2) is 42.5 Å². The Kier molecular flexibility index (Phi) is 6.86. The molecule has 29 heavy (non-hydrogen) atoms. The summed E-state index contributed by atoms with van der Waals surface area (Å²) >= 11 is 0. The third-order valence-corrected chi connectivity index (χ3v) is 3.40. The highest BCUT2D eigenvalue weighted by molar-refractivity contribution is 6.09. The van der Waals surface area contributed by atoms with Crippen LogP contribution in [0.4, 0.5) is 0 Å². The summed E-state index contributed by atoms with van der Waals surface area (Å²) in [4.78, 5) is 46.3. The van der Waals surface area contributed by atoms with Crippen molar-refractivity contribution >= 4 is 29.8 Å². The number of carbonyl (C=O) groups excluding carboxylic acids is 4. The van der Waals surface area contributed by atoms with E-state index in [2.05, 4.69) is 0 Å². The monoisotopic (exact) mass is 398 g/mol. The van der Waals surface area contributed by atoms with Gasteiger partial charge in [-0.15, -0.1) is 0 Å². The van der Waals surface area contributed by atoms with E-state index in [-0.39, 0.29) is 28.6 Å². The molecule has 0 saturated heterocycles. The van der Waals surface area contributed by atoms with Crippen molar-refractivity contribution in [2.24, 2.45) is 0 Å². The van der Waals surface area contributed by atoms with Crippen LogP contribution in [0, 0.1) is 0 Å². The van der Waals surface area contributed by atoms with E-state index in [9.17, 15) is 24.3 Å². The van der Waals surface area contributed by atoms with Crippen molar-refractivity contribution in [1.82, 2.24) is 0 Å². The highest BCUT2D eigenvalue weighted by Gasteiger charge is 2.15. The molecule has 0 aromatic heterocycles. The molecule has 0 amide bonds. The Morgan fingerprint density at radius 3 is 2.03 bits per heavy atom. The average Bonchev–Trinajstić information content (AvgIpc) is 2.59. The largest absolute Gasteiger partial charge is 0.508 e. The summed E-state index contributed by atoms with van der Waals surface area (Å²) < 4.78 is 15.0. The van der Waals surface area contributed by atoms with Gasteiger partial charge < -0.3 is 19.3 Å². The number of hydrogen-bond donors (Lipinski definition) is 1. The number of benzene rings is 2. The quantitative estimate of drug-likeness (QED) is 0.342. The molecule has 0 unspecified atom stereocenters. The fraction of sp³-hybridized carbons (Fsp3) is 0.143. The van der Waals surface area contributed by atoms with Gasteiger partial charge in [0.2, 0.25) is 0 Å². The van der Waals surface area contributed by atoms with Crippen molar-refractivity contribution in [3.8, 4) is 23.0 Å². The van der Waals surface area contributed by atoms with Crippen LogP contribution >= 0.6 is 0 Å². The van der Waals surface area contributed by atoms with Crippen molar-refractivity contribution in [3.63, 3.8) is 0 Å². The second-order valence-electron chi connectivity index (χ2n) is 5.86. The van der Waals surface area contributed by atoms with E-state index in [1.165, 1.54) is 69.3 Å². The van der Waals surface area contributed by atoms with Gasteiger partial charge in [-0.1, -0.05) is 0 Å². The fourth-order valence-electron chi connectivity index (χ4n) is 2.33. The Bertz CT molecular complexity index is 1000. The number of ether oxygens (including phenoxy) is 3. The predicted octanol–water partition coefficient (Wildman–Crippen LogP) is 3.06. The van der Waals surface area contributed by atoms with E-state index in [1.807, 2.05) is 0 Å². The van der Waals surface area contributed by atoms with Crippen molar-refractivity contribution in [2.45, 2.75) is 20.8 Å². The zero-order valence-electron chi connectivity index (χ0n) is 15.9. The van der Waals surface area contributed by atoms with Gasteiger partial charge in [-0.3, -0.25) is 19.2 Å². The number of aromatic hydroxyl groups is 1. The van der Waals surface area contributed by atoms with Crippen LogP contribution in [0.5, 0.6) is 23.0 Å². The molecule has 8 heteroatoms. The molecule has 150 valence electrons. The lowest BCUT2D eigenvalue weighted by atomic mass is 10.1. The van der Waals surface area contributed by atoms with E-state index in [0.717, 1.165) is 0 Å². The van der Waals surface area contributed by atoms with Crippen LogP contribution in [0.2, 0.25) is 0 Å². The lowest BCUT2D eigenvalue weighted by Crippen LogP contribution is -2.08. The number of phenols is 1. The molecule has 2 aromatic carbocycles. The lowest BCUT2D eigenvalue weighted by molar-refractivity contribution is -0.133. The minimum absolute atomic E-state index is 0.0557. The highest BCUT2D eigenvalue weighted by Crippen LogP contribution is 2.28. The van der Waals surface area contributed by atoms with Crippen molar-refractivity contribution in [3.05, 3.63) is 53.6 Å². The topological polar surface area (TPSA) is 116 Å². The maximum Gasteiger partial charge on any atom is 0.308 e. The second-order valence-corrected chi connectivity index (χ2v) is 5.86. The number of allylic oxidation sites excluding steroid dienone is 1. The van der Waals surface area contributed by atoms with Crippen LogP contribution < -0.4 is 14.2 Å². The second kappa shape index (κ2) is 9.32. The summed E-state index contributed by atoms with van der Waals surface area (Å²) in [7, 11) is 0. The molecule has 8 nitrogen and oxygen atoms in total. The molecule has 2 rings (SSSR count). The zero-order chi connectivity index (χ0) is 21.6. The summed E-state index contributed by atoms with van der Waals surface area (Å²) in [5.74, 6) is -2.31. The average molecular weight is 398 g/mol. The van der Waals surface area contributed by atoms with Crippen LogP contribution in [-0.4, -0.2) is 28.8 Å². The third kappa shape index (κ3) is 6.31. The van der Waals surface area contributed by atoms with Gasteiger partial charge in [0.05, 0.1) is 5.56 Å². The van der Waals surface area contributed by atoms with Gasteiger partial charge in [-0.05, 0) is 36.4 Å². The molecule has 1 N–H and O–H groups in total. The molecule has 0 radical (unpaired) electrons. The molecule has 0 saturated carbocycles. The Labute approximate surface area is 166 Å². The van der Waals surface area contributed by atoms with Crippen molar-refractivity contribution in [1.29, 1.82) is 0 Å². The van der Waals surface area contributed by atoms with Gasteiger partial charge in [-0.2, -0.15) is 0 Å². The standard InChI is InChI=1S/C21H18O8/c1-12(22)27-17-7-8-18(21(11-17)29-14(3)24)19(26)9-5-15-4-6-16(25)10-20(15)28-13(2)23/h4-11,25H,1-3H3. The Hall–Kier alpha value is -3.94. The summed E-state index contributed by atoms with van der Waals surface area (Å²) in [5, 5.41) is 9.55. The van der Waals surface area contributed by atoms with Gasteiger partial charge in [0.15, 0.2) is 5.78 Å². The van der Waals surface area contributed by atoms with Gasteiger partial charge >= 0.3 is 17.9 Å². The summed E-state index contributed by atoms with van der Waals surface area (Å²) in [6, 6.07) is 8.08. The number of esters is 3. The molecule has 0 atom stereocenters. The highest BCUT2D eigenvalue weighted by atomic mass is 16.5. The molecule has 0 spiro atoms. The number of phenolic OH excluding ortho intramolecular Hbond substituents is 1. The number of ketones is 1. The first-order chi connectivity index (χ1) is 13.7. The Balaban J connectivity index is 2.36. The minimum atomic E-state index is -0.654. The Morgan fingerprint density at radius 2 is 1.41 bits per heavy atom. The maximum absolute atomic E-state index is 12.6. The Morgan fingerprint density at radius 1 is 0.793 bits per heavy atom. The molecule has 0 aliphatic heterocycles.